The zero-order chi connectivity index (χ0) is 30.9. The van der Waals surface area contributed by atoms with Gasteiger partial charge in [-0.2, -0.15) is 0 Å². The third-order valence-electron chi connectivity index (χ3n) is 7.63. The largest absolute Gasteiger partial charge is 0.494 e. The van der Waals surface area contributed by atoms with E-state index in [9.17, 15) is 9.90 Å². The fraction of sp³-hybridized carbons (Fsp3) is 0.378. The minimum Gasteiger partial charge on any atom is -0.494 e. The summed E-state index contributed by atoms with van der Waals surface area (Å²) < 4.78 is 23.8. The molecule has 44 heavy (non-hydrogen) atoms. The van der Waals surface area contributed by atoms with Gasteiger partial charge in [-0.15, -0.1) is 0 Å². The van der Waals surface area contributed by atoms with E-state index in [4.69, 9.17) is 18.9 Å². The number of amides is 1. The molecule has 232 valence electrons. The molecule has 3 atom stereocenters. The van der Waals surface area contributed by atoms with Crippen LogP contribution in [0, 0.1) is 0 Å². The zero-order valence-electron chi connectivity index (χ0n) is 25.9. The van der Waals surface area contributed by atoms with Crippen LogP contribution in [0.5, 0.6) is 5.75 Å². The number of nitrogens with zero attached hydrogens (tertiary/aromatic N) is 1. The van der Waals surface area contributed by atoms with Crippen molar-refractivity contribution in [3.63, 3.8) is 0 Å². The quantitative estimate of drug-likeness (QED) is 0.186. The van der Waals surface area contributed by atoms with Crippen LogP contribution in [0.25, 0.3) is 10.8 Å². The Labute approximate surface area is 260 Å². The molecule has 1 aliphatic heterocycles. The van der Waals surface area contributed by atoms with Gasteiger partial charge in [0.1, 0.15) is 11.4 Å². The Bertz CT molecular complexity index is 1480. The lowest BCUT2D eigenvalue weighted by Gasteiger charge is -2.42. The Kier molecular flexibility index (Phi) is 10.5. The summed E-state index contributed by atoms with van der Waals surface area (Å²) in [7, 11) is 0. The van der Waals surface area contributed by atoms with Crippen LogP contribution in [0.2, 0.25) is 0 Å². The lowest BCUT2D eigenvalue weighted by molar-refractivity contribution is -0.0755. The molecule has 0 aromatic heterocycles. The Morgan fingerprint density at radius 2 is 1.55 bits per heavy atom. The second-order valence-corrected chi connectivity index (χ2v) is 12.3. The number of fused-ring (bicyclic) bond motifs is 1. The first-order valence-electron chi connectivity index (χ1n) is 15.3. The van der Waals surface area contributed by atoms with Gasteiger partial charge >= 0.3 is 6.09 Å². The number of β-amino-alcohol motifs (C(OH)–C–C–N with tert-alkyl or cyclic N) is 1. The first-order chi connectivity index (χ1) is 21.2. The number of carbonyl (C=O) groups is 1. The molecule has 1 heterocycles. The third kappa shape index (κ3) is 8.82. The highest BCUT2D eigenvalue weighted by atomic mass is 16.6. The molecule has 4 aromatic rings. The number of carbonyl (C=O) groups excluding carboxylic acids is 1. The molecular weight excluding hydrogens is 554 g/mol. The number of aliphatic hydroxyl groups is 1. The van der Waals surface area contributed by atoms with Crippen molar-refractivity contribution in [3.05, 3.63) is 114 Å². The molecule has 1 N–H and O–H groups in total. The number of likely N-dealkylation sites (tertiary alicyclic amines) is 1. The second-order valence-electron chi connectivity index (χ2n) is 12.3. The molecule has 1 fully saturated rings. The van der Waals surface area contributed by atoms with Crippen molar-refractivity contribution < 1.29 is 28.8 Å². The Balaban J connectivity index is 1.21. The van der Waals surface area contributed by atoms with Crippen LogP contribution >= 0.6 is 0 Å². The van der Waals surface area contributed by atoms with Crippen molar-refractivity contribution in [2.75, 3.05) is 26.3 Å². The van der Waals surface area contributed by atoms with Gasteiger partial charge in [-0.25, -0.2) is 4.79 Å². The van der Waals surface area contributed by atoms with E-state index in [2.05, 4.69) is 42.5 Å². The van der Waals surface area contributed by atoms with E-state index in [1.54, 1.807) is 4.90 Å². The average molecular weight is 598 g/mol. The molecule has 3 unspecified atom stereocenters. The van der Waals surface area contributed by atoms with Crippen molar-refractivity contribution in [3.8, 4) is 5.75 Å². The standard InChI is InChI=1S/C37H43NO6/c1-37(2,3)44-36(40)38-23-33(39)35(34(24-38)43-26-28-14-15-29-12-7-8-13-31(29)22-28)30-16-18-32(19-17-30)42-21-9-20-41-25-27-10-5-4-6-11-27/h4-8,10-19,22,33-35,39H,9,20-21,23-26H2,1-3H3. The molecule has 0 saturated carbocycles. The maximum absolute atomic E-state index is 13.0. The highest BCUT2D eigenvalue weighted by Gasteiger charge is 2.40. The van der Waals surface area contributed by atoms with E-state index < -0.39 is 23.9 Å². The number of hydrogen-bond acceptors (Lipinski definition) is 6. The zero-order valence-corrected chi connectivity index (χ0v) is 25.9. The average Bonchev–Trinajstić information content (AvgIpc) is 3.01. The number of ether oxygens (including phenoxy) is 4. The molecule has 1 amide bonds. The molecule has 0 bridgehead atoms. The maximum atomic E-state index is 13.0. The number of benzene rings is 4. The van der Waals surface area contributed by atoms with E-state index in [-0.39, 0.29) is 12.5 Å². The smallest absolute Gasteiger partial charge is 0.410 e. The third-order valence-corrected chi connectivity index (χ3v) is 7.63. The molecule has 1 aliphatic rings. The van der Waals surface area contributed by atoms with E-state index in [1.807, 2.05) is 75.4 Å². The van der Waals surface area contributed by atoms with Gasteiger partial charge < -0.3 is 29.0 Å². The summed E-state index contributed by atoms with van der Waals surface area (Å²) in [4.78, 5) is 14.5. The molecule has 7 nitrogen and oxygen atoms in total. The predicted molar refractivity (Wildman–Crippen MR) is 172 cm³/mol. The van der Waals surface area contributed by atoms with Crippen LogP contribution < -0.4 is 4.74 Å². The molecule has 0 radical (unpaired) electrons. The second kappa shape index (κ2) is 14.7. The molecule has 5 rings (SSSR count). The minimum atomic E-state index is -0.827. The monoisotopic (exact) mass is 597 g/mol. The van der Waals surface area contributed by atoms with E-state index >= 15 is 0 Å². The summed E-state index contributed by atoms with van der Waals surface area (Å²) in [5.74, 6) is 0.431. The topological polar surface area (TPSA) is 77.5 Å². The summed E-state index contributed by atoms with van der Waals surface area (Å²) in [6, 6.07) is 32.4. The minimum absolute atomic E-state index is 0.163. The van der Waals surface area contributed by atoms with Gasteiger partial charge in [0, 0.05) is 12.3 Å². The molecule has 7 heteroatoms. The van der Waals surface area contributed by atoms with Crippen LogP contribution in [0.1, 0.15) is 49.8 Å². The van der Waals surface area contributed by atoms with Crippen molar-refractivity contribution >= 4 is 16.9 Å². The van der Waals surface area contributed by atoms with Gasteiger partial charge in [0.2, 0.25) is 0 Å². The maximum Gasteiger partial charge on any atom is 0.410 e. The van der Waals surface area contributed by atoms with Crippen LogP contribution in [-0.4, -0.2) is 60.2 Å². The number of piperidine rings is 1. The van der Waals surface area contributed by atoms with Gasteiger partial charge in [-0.1, -0.05) is 78.9 Å². The van der Waals surface area contributed by atoms with Crippen LogP contribution in [0.15, 0.2) is 97.1 Å². The van der Waals surface area contributed by atoms with Gasteiger partial charge in [0.25, 0.3) is 0 Å². The van der Waals surface area contributed by atoms with E-state index in [0.717, 1.165) is 34.2 Å². The first kappa shape index (κ1) is 31.5. The first-order valence-corrected chi connectivity index (χ1v) is 15.3. The summed E-state index contributed by atoms with van der Waals surface area (Å²) in [6.07, 6.45) is -0.940. The fourth-order valence-corrected chi connectivity index (χ4v) is 5.49. The van der Waals surface area contributed by atoms with Crippen LogP contribution in [0.4, 0.5) is 4.79 Å². The van der Waals surface area contributed by atoms with Crippen LogP contribution in [-0.2, 0) is 27.4 Å². The van der Waals surface area contributed by atoms with Gasteiger partial charge in [0.05, 0.1) is 51.7 Å². The van der Waals surface area contributed by atoms with Crippen molar-refractivity contribution in [1.82, 2.24) is 4.90 Å². The SMILES string of the molecule is CC(C)(C)OC(=O)N1CC(O)C(c2ccc(OCCCOCc3ccccc3)cc2)C(OCc2ccc3ccccc3c2)C1. The lowest BCUT2D eigenvalue weighted by atomic mass is 9.84. The van der Waals surface area contributed by atoms with Gasteiger partial charge in [0.15, 0.2) is 0 Å². The Morgan fingerprint density at radius 3 is 2.30 bits per heavy atom. The van der Waals surface area contributed by atoms with E-state index in [0.29, 0.717) is 33.0 Å². The molecule has 0 spiro atoms. The van der Waals surface area contributed by atoms with Crippen molar-refractivity contribution in [1.29, 1.82) is 0 Å². The Morgan fingerprint density at radius 1 is 0.818 bits per heavy atom. The molecule has 1 saturated heterocycles. The number of rotatable bonds is 11. The predicted octanol–water partition coefficient (Wildman–Crippen LogP) is 7.11. The lowest BCUT2D eigenvalue weighted by Crippen LogP contribution is -2.54. The summed E-state index contributed by atoms with van der Waals surface area (Å²) in [5.41, 5.74) is 2.48. The summed E-state index contributed by atoms with van der Waals surface area (Å²) >= 11 is 0. The number of aliphatic hydroxyl groups excluding tert-OH is 1. The van der Waals surface area contributed by atoms with Crippen LogP contribution in [0.3, 0.4) is 0 Å². The molecule has 0 aliphatic carbocycles. The highest BCUT2D eigenvalue weighted by molar-refractivity contribution is 5.82. The Hall–Kier alpha value is -3.91. The summed E-state index contributed by atoms with van der Waals surface area (Å²) in [5, 5.41) is 13.7. The number of hydrogen-bond donors (Lipinski definition) is 1. The summed E-state index contributed by atoms with van der Waals surface area (Å²) in [6.45, 7) is 8.09. The van der Waals surface area contributed by atoms with E-state index in [1.165, 1.54) is 5.39 Å². The van der Waals surface area contributed by atoms with Gasteiger partial charge in [-0.05, 0) is 66.4 Å². The van der Waals surface area contributed by atoms with Crippen molar-refractivity contribution in [2.24, 2.45) is 0 Å². The highest BCUT2D eigenvalue weighted by Crippen LogP contribution is 2.33. The van der Waals surface area contributed by atoms with Crippen molar-refractivity contribution in [2.45, 2.75) is 64.1 Å². The molecule has 4 aromatic carbocycles. The normalized spacial score (nSPS) is 18.7. The fourth-order valence-electron chi connectivity index (χ4n) is 5.49. The molecular formula is C37H43NO6. The van der Waals surface area contributed by atoms with Gasteiger partial charge in [-0.3, -0.25) is 0 Å².